The Morgan fingerprint density at radius 3 is 1.79 bits per heavy atom. The van der Waals surface area contributed by atoms with Gasteiger partial charge in [-0.15, -0.1) is 0 Å². The number of carboxylic acid groups (broad SMARTS) is 1. The van der Waals surface area contributed by atoms with Crippen LogP contribution in [0.5, 0.6) is 0 Å². The maximum Gasteiger partial charge on any atom is 0.327 e. The molecule has 0 aromatic heterocycles. The highest BCUT2D eigenvalue weighted by Crippen LogP contribution is 2.09. The van der Waals surface area contributed by atoms with Crippen molar-refractivity contribution in [1.82, 2.24) is 16.0 Å². The summed E-state index contributed by atoms with van der Waals surface area (Å²) in [5.41, 5.74) is 5.61. The van der Waals surface area contributed by atoms with E-state index in [2.05, 4.69) is 28.6 Å². The summed E-state index contributed by atoms with van der Waals surface area (Å²) in [4.78, 5) is 48.6. The van der Waals surface area contributed by atoms with Crippen molar-refractivity contribution in [3.8, 4) is 0 Å². The lowest BCUT2D eigenvalue weighted by molar-refractivity contribution is -0.142. The van der Waals surface area contributed by atoms with Crippen LogP contribution in [0.25, 0.3) is 0 Å². The molecule has 0 saturated heterocycles. The second-order valence-corrected chi connectivity index (χ2v) is 8.13. The van der Waals surface area contributed by atoms with Gasteiger partial charge in [-0.3, -0.25) is 14.4 Å². The summed E-state index contributed by atoms with van der Waals surface area (Å²) in [6.07, 6.45) is -0.814. The maximum atomic E-state index is 12.8. The molecule has 0 aromatic rings. The molecule has 0 rings (SSSR count). The molecule has 0 aliphatic rings. The zero-order valence-corrected chi connectivity index (χ0v) is 18.4. The van der Waals surface area contributed by atoms with Crippen molar-refractivity contribution in [3.05, 3.63) is 0 Å². The SMILES string of the molecule is CC(C)CC(NC(=O)C(N)C(C)O)C(=O)NC(C(=O)NC(CS)C(=O)O)C(C)C. The Balaban J connectivity index is 5.35. The number of aliphatic hydroxyl groups excluding tert-OH is 1. The first-order chi connectivity index (χ1) is 13.3. The van der Waals surface area contributed by atoms with Crippen molar-refractivity contribution >= 4 is 36.3 Å². The number of nitrogens with two attached hydrogens (primary N) is 1. The Kier molecular flexibility index (Phi) is 11.8. The van der Waals surface area contributed by atoms with E-state index in [1.54, 1.807) is 13.8 Å². The zero-order chi connectivity index (χ0) is 22.9. The fourth-order valence-corrected chi connectivity index (χ4v) is 2.67. The maximum absolute atomic E-state index is 12.8. The molecule has 0 aromatic carbocycles. The van der Waals surface area contributed by atoms with Crippen LogP contribution >= 0.6 is 12.6 Å². The molecule has 29 heavy (non-hydrogen) atoms. The fraction of sp³-hybridized carbons (Fsp3) is 0.778. The molecule has 0 aliphatic carbocycles. The standard InChI is InChI=1S/C18H34N4O6S/c1-8(2)6-11(20-16(25)13(19)10(5)23)15(24)22-14(9(3)4)17(26)21-12(7-29)18(27)28/h8-14,23,29H,6-7,19H2,1-5H3,(H,20,25)(H,21,26)(H,22,24)(H,27,28). The van der Waals surface area contributed by atoms with Gasteiger partial charge in [0, 0.05) is 5.75 Å². The van der Waals surface area contributed by atoms with E-state index in [0.29, 0.717) is 0 Å². The van der Waals surface area contributed by atoms with Gasteiger partial charge >= 0.3 is 5.97 Å². The van der Waals surface area contributed by atoms with Crippen LogP contribution in [0.15, 0.2) is 0 Å². The molecule has 0 heterocycles. The largest absolute Gasteiger partial charge is 0.480 e. The zero-order valence-electron chi connectivity index (χ0n) is 17.5. The topological polar surface area (TPSA) is 171 Å². The number of carbonyl (C=O) groups is 4. The van der Waals surface area contributed by atoms with E-state index >= 15 is 0 Å². The van der Waals surface area contributed by atoms with E-state index in [4.69, 9.17) is 10.8 Å². The minimum absolute atomic E-state index is 0.0423. The summed E-state index contributed by atoms with van der Waals surface area (Å²) < 4.78 is 0. The van der Waals surface area contributed by atoms with E-state index in [1.165, 1.54) is 6.92 Å². The molecule has 5 unspecified atom stereocenters. The van der Waals surface area contributed by atoms with Gasteiger partial charge in [0.25, 0.3) is 0 Å². The molecule has 10 nitrogen and oxygen atoms in total. The molecule has 168 valence electrons. The third-order valence-corrected chi connectivity index (χ3v) is 4.57. The molecule has 0 aliphatic heterocycles. The Morgan fingerprint density at radius 2 is 1.41 bits per heavy atom. The van der Waals surface area contributed by atoms with Crippen LogP contribution in [0.3, 0.4) is 0 Å². The lowest BCUT2D eigenvalue weighted by Crippen LogP contribution is -2.59. The van der Waals surface area contributed by atoms with Crippen molar-refractivity contribution in [2.45, 2.75) is 71.3 Å². The van der Waals surface area contributed by atoms with Gasteiger partial charge in [0.05, 0.1) is 6.10 Å². The minimum Gasteiger partial charge on any atom is -0.480 e. The van der Waals surface area contributed by atoms with E-state index in [9.17, 15) is 24.3 Å². The van der Waals surface area contributed by atoms with E-state index in [-0.39, 0.29) is 24.0 Å². The number of rotatable bonds is 12. The highest BCUT2D eigenvalue weighted by molar-refractivity contribution is 7.80. The number of carboxylic acids is 1. The quantitative estimate of drug-likeness (QED) is 0.190. The molecule has 3 amide bonds. The third kappa shape index (κ3) is 9.46. The predicted molar refractivity (Wildman–Crippen MR) is 111 cm³/mol. The molecule has 0 radical (unpaired) electrons. The highest BCUT2D eigenvalue weighted by atomic mass is 32.1. The molecule has 11 heteroatoms. The van der Waals surface area contributed by atoms with Crippen molar-refractivity contribution in [2.75, 3.05) is 5.75 Å². The molecule has 5 atom stereocenters. The Labute approximate surface area is 176 Å². The number of carbonyl (C=O) groups excluding carboxylic acids is 3. The summed E-state index contributed by atoms with van der Waals surface area (Å²) >= 11 is 3.90. The van der Waals surface area contributed by atoms with E-state index < -0.39 is 54.0 Å². The molecular weight excluding hydrogens is 400 g/mol. The first kappa shape index (κ1) is 27.1. The average Bonchev–Trinajstić information content (AvgIpc) is 2.61. The third-order valence-electron chi connectivity index (χ3n) is 4.21. The Hall–Kier alpha value is -1.85. The van der Waals surface area contributed by atoms with Crippen molar-refractivity contribution in [3.63, 3.8) is 0 Å². The number of hydrogen-bond acceptors (Lipinski definition) is 7. The molecule has 0 saturated carbocycles. The number of aliphatic hydroxyl groups is 1. The average molecular weight is 435 g/mol. The van der Waals surface area contributed by atoms with Gasteiger partial charge in [-0.05, 0) is 25.2 Å². The normalized spacial score (nSPS) is 16.5. The van der Waals surface area contributed by atoms with Crippen LogP contribution in [0.2, 0.25) is 0 Å². The van der Waals surface area contributed by atoms with E-state index in [0.717, 1.165) is 0 Å². The number of aliphatic carboxylic acids is 1. The van der Waals surface area contributed by atoms with Crippen molar-refractivity contribution < 1.29 is 29.4 Å². The predicted octanol–water partition coefficient (Wildman–Crippen LogP) is -1.13. The van der Waals surface area contributed by atoms with Crippen molar-refractivity contribution in [2.24, 2.45) is 17.6 Å². The van der Waals surface area contributed by atoms with Gasteiger partial charge in [0.15, 0.2) is 0 Å². The lowest BCUT2D eigenvalue weighted by Gasteiger charge is -2.27. The van der Waals surface area contributed by atoms with Gasteiger partial charge in [-0.2, -0.15) is 12.6 Å². The van der Waals surface area contributed by atoms with Gasteiger partial charge < -0.3 is 31.9 Å². The molecule has 7 N–H and O–H groups in total. The molecular formula is C18H34N4O6S. The monoisotopic (exact) mass is 434 g/mol. The molecule has 0 bridgehead atoms. The smallest absolute Gasteiger partial charge is 0.327 e. The van der Waals surface area contributed by atoms with Crippen LogP contribution in [-0.2, 0) is 19.2 Å². The van der Waals surface area contributed by atoms with Gasteiger partial charge in [-0.1, -0.05) is 27.7 Å². The first-order valence-corrected chi connectivity index (χ1v) is 10.1. The van der Waals surface area contributed by atoms with Crippen molar-refractivity contribution in [1.29, 1.82) is 0 Å². The summed E-state index contributed by atoms with van der Waals surface area (Å²) in [7, 11) is 0. The van der Waals surface area contributed by atoms with Crippen LogP contribution in [0.4, 0.5) is 0 Å². The van der Waals surface area contributed by atoms with Crippen LogP contribution in [-0.4, -0.2) is 69.9 Å². The van der Waals surface area contributed by atoms with Gasteiger partial charge in [0.1, 0.15) is 24.2 Å². The molecule has 0 fully saturated rings. The fourth-order valence-electron chi connectivity index (χ4n) is 2.43. The Morgan fingerprint density at radius 1 is 0.897 bits per heavy atom. The van der Waals surface area contributed by atoms with Gasteiger partial charge in [0.2, 0.25) is 17.7 Å². The number of hydrogen-bond donors (Lipinski definition) is 7. The first-order valence-electron chi connectivity index (χ1n) is 9.50. The highest BCUT2D eigenvalue weighted by Gasteiger charge is 2.32. The second-order valence-electron chi connectivity index (χ2n) is 7.77. The van der Waals surface area contributed by atoms with Gasteiger partial charge in [-0.25, -0.2) is 4.79 Å². The second kappa shape index (κ2) is 12.7. The summed E-state index contributed by atoms with van der Waals surface area (Å²) in [6.45, 7) is 8.47. The lowest BCUT2D eigenvalue weighted by atomic mass is 9.99. The summed E-state index contributed by atoms with van der Waals surface area (Å²) in [5, 5.41) is 26.0. The van der Waals surface area contributed by atoms with E-state index in [1.807, 2.05) is 13.8 Å². The van der Waals surface area contributed by atoms with Crippen LogP contribution in [0, 0.1) is 11.8 Å². The number of nitrogens with one attached hydrogen (secondary N) is 3. The minimum atomic E-state index is -1.24. The summed E-state index contributed by atoms with van der Waals surface area (Å²) in [6, 6.07) is -4.38. The Bertz CT molecular complexity index is 585. The van der Waals surface area contributed by atoms with Crippen LogP contribution in [0.1, 0.15) is 41.0 Å². The number of amides is 3. The summed E-state index contributed by atoms with van der Waals surface area (Å²) in [5.74, 6) is -3.60. The molecule has 0 spiro atoms. The number of thiol groups is 1. The van der Waals surface area contributed by atoms with Crippen LogP contribution < -0.4 is 21.7 Å².